The van der Waals surface area contributed by atoms with Crippen LogP contribution in [0.4, 0.5) is 5.82 Å². The molecule has 1 aliphatic carbocycles. The van der Waals surface area contributed by atoms with Gasteiger partial charge in [0, 0.05) is 58.4 Å². The van der Waals surface area contributed by atoms with Crippen LogP contribution < -0.4 is 15.5 Å². The second-order valence-corrected chi connectivity index (χ2v) is 6.58. The summed E-state index contributed by atoms with van der Waals surface area (Å²) in [5.41, 5.74) is 0. The topological polar surface area (TPSA) is 72.9 Å². The van der Waals surface area contributed by atoms with Crippen molar-refractivity contribution < 1.29 is 4.79 Å². The smallest absolute Gasteiger partial charge is 0.220 e. The second-order valence-electron chi connectivity index (χ2n) is 6.58. The van der Waals surface area contributed by atoms with Crippen LogP contribution in [0.25, 0.3) is 0 Å². The van der Waals surface area contributed by atoms with Gasteiger partial charge in [0.15, 0.2) is 5.96 Å². The molecular formula is C18H29IN6O. The summed E-state index contributed by atoms with van der Waals surface area (Å²) in [6.07, 6.45) is 5.52. The number of amides is 1. The summed E-state index contributed by atoms with van der Waals surface area (Å²) in [6, 6.07) is 6.46. The van der Waals surface area contributed by atoms with Gasteiger partial charge in [0.1, 0.15) is 5.82 Å². The molecule has 0 aromatic carbocycles. The third kappa shape index (κ3) is 6.30. The lowest BCUT2D eigenvalue weighted by atomic mass is 10.3. The number of aliphatic imine (C=N–C) groups is 1. The minimum absolute atomic E-state index is 0. The average molecular weight is 472 g/mol. The highest BCUT2D eigenvalue weighted by molar-refractivity contribution is 14.0. The maximum atomic E-state index is 11.7. The number of carbonyl (C=O) groups excluding carboxylic acids is 1. The van der Waals surface area contributed by atoms with Crippen molar-refractivity contribution in [1.82, 2.24) is 20.5 Å². The van der Waals surface area contributed by atoms with E-state index >= 15 is 0 Å². The van der Waals surface area contributed by atoms with Crippen LogP contribution in [-0.2, 0) is 4.79 Å². The molecule has 2 fully saturated rings. The van der Waals surface area contributed by atoms with Crippen molar-refractivity contribution in [2.75, 3.05) is 44.7 Å². The van der Waals surface area contributed by atoms with E-state index in [-0.39, 0.29) is 29.9 Å². The van der Waals surface area contributed by atoms with E-state index < -0.39 is 0 Å². The van der Waals surface area contributed by atoms with Crippen molar-refractivity contribution in [2.45, 2.75) is 31.7 Å². The van der Waals surface area contributed by atoms with Crippen molar-refractivity contribution in [3.8, 4) is 0 Å². The van der Waals surface area contributed by atoms with E-state index in [1.807, 2.05) is 25.4 Å². The predicted molar refractivity (Wildman–Crippen MR) is 115 cm³/mol. The van der Waals surface area contributed by atoms with Crippen molar-refractivity contribution in [3.63, 3.8) is 0 Å². The molecule has 0 radical (unpaired) electrons. The molecule has 0 spiro atoms. The molecule has 144 valence electrons. The van der Waals surface area contributed by atoms with Crippen LogP contribution in [0.3, 0.4) is 0 Å². The Morgan fingerprint density at radius 3 is 2.65 bits per heavy atom. The van der Waals surface area contributed by atoms with Crippen LogP contribution in [0.15, 0.2) is 29.4 Å². The third-order valence-corrected chi connectivity index (χ3v) is 4.57. The molecule has 26 heavy (non-hydrogen) atoms. The molecule has 7 nitrogen and oxygen atoms in total. The molecule has 2 aliphatic rings. The van der Waals surface area contributed by atoms with Crippen molar-refractivity contribution in [1.29, 1.82) is 0 Å². The molecule has 0 atom stereocenters. The van der Waals surface area contributed by atoms with Crippen LogP contribution in [0, 0.1) is 0 Å². The maximum Gasteiger partial charge on any atom is 0.220 e. The lowest BCUT2D eigenvalue weighted by Gasteiger charge is -2.37. The third-order valence-electron chi connectivity index (χ3n) is 4.57. The molecule has 8 heteroatoms. The number of nitrogens with one attached hydrogen (secondary N) is 2. The zero-order chi connectivity index (χ0) is 17.5. The zero-order valence-electron chi connectivity index (χ0n) is 15.4. The zero-order valence-corrected chi connectivity index (χ0v) is 17.7. The van der Waals surface area contributed by atoms with Gasteiger partial charge in [0.2, 0.25) is 5.91 Å². The van der Waals surface area contributed by atoms with Crippen LogP contribution in [0.2, 0.25) is 0 Å². The number of hydrogen-bond donors (Lipinski definition) is 2. The Kier molecular flexibility index (Phi) is 8.40. The minimum atomic E-state index is 0. The van der Waals surface area contributed by atoms with Gasteiger partial charge in [-0.15, -0.1) is 24.0 Å². The fourth-order valence-electron chi connectivity index (χ4n) is 3.00. The first kappa shape index (κ1) is 20.7. The largest absolute Gasteiger partial charge is 0.356 e. The van der Waals surface area contributed by atoms with Crippen LogP contribution in [-0.4, -0.2) is 67.6 Å². The van der Waals surface area contributed by atoms with Crippen LogP contribution in [0.5, 0.6) is 0 Å². The first-order valence-electron chi connectivity index (χ1n) is 9.17. The molecule has 1 aromatic heterocycles. The number of carbonyl (C=O) groups is 1. The highest BCUT2D eigenvalue weighted by Crippen LogP contribution is 2.18. The van der Waals surface area contributed by atoms with E-state index in [9.17, 15) is 4.79 Å². The highest BCUT2D eigenvalue weighted by Gasteiger charge is 2.23. The van der Waals surface area contributed by atoms with E-state index in [1.165, 1.54) is 0 Å². The van der Waals surface area contributed by atoms with Crippen molar-refractivity contribution in [3.05, 3.63) is 24.4 Å². The summed E-state index contributed by atoms with van der Waals surface area (Å²) in [5, 5.41) is 6.40. The molecule has 0 bridgehead atoms. The van der Waals surface area contributed by atoms with E-state index in [4.69, 9.17) is 0 Å². The molecule has 1 saturated heterocycles. The van der Waals surface area contributed by atoms with Gasteiger partial charge in [0.25, 0.3) is 0 Å². The quantitative estimate of drug-likeness (QED) is 0.284. The SMILES string of the molecule is CN=C(NCCCC(=O)NC1CC1)N1CCN(c2ccccn2)CC1.I. The first-order valence-corrected chi connectivity index (χ1v) is 9.17. The van der Waals surface area contributed by atoms with Crippen LogP contribution >= 0.6 is 24.0 Å². The average Bonchev–Trinajstić information content (AvgIpc) is 3.47. The minimum Gasteiger partial charge on any atom is -0.356 e. The Balaban J connectivity index is 0.00000243. The molecule has 2 heterocycles. The number of aromatic nitrogens is 1. The lowest BCUT2D eigenvalue weighted by molar-refractivity contribution is -0.121. The molecule has 2 N–H and O–H groups in total. The summed E-state index contributed by atoms with van der Waals surface area (Å²) in [4.78, 5) is 25.1. The summed E-state index contributed by atoms with van der Waals surface area (Å²) in [5.74, 6) is 2.12. The van der Waals surface area contributed by atoms with Gasteiger partial charge in [0.05, 0.1) is 0 Å². The number of hydrogen-bond acceptors (Lipinski definition) is 4. The monoisotopic (exact) mass is 472 g/mol. The Labute approximate surface area is 172 Å². The number of guanidine groups is 1. The van der Waals surface area contributed by atoms with E-state index in [1.54, 1.807) is 0 Å². The molecule has 1 aliphatic heterocycles. The van der Waals surface area contributed by atoms with E-state index in [0.717, 1.165) is 63.8 Å². The van der Waals surface area contributed by atoms with Gasteiger partial charge in [-0.2, -0.15) is 0 Å². The second kappa shape index (κ2) is 10.5. The molecule has 0 unspecified atom stereocenters. The standard InChI is InChI=1S/C18H28N6O.HI/c1-19-18(21-10-4-6-17(25)22-15-7-8-15)24-13-11-23(12-14-24)16-5-2-3-9-20-16;/h2-3,5,9,15H,4,6-8,10-14H2,1H3,(H,19,21)(H,22,25);1H. The van der Waals surface area contributed by atoms with Gasteiger partial charge in [-0.25, -0.2) is 4.98 Å². The predicted octanol–water partition coefficient (Wildman–Crippen LogP) is 1.46. The molecular weight excluding hydrogens is 443 g/mol. The lowest BCUT2D eigenvalue weighted by Crippen LogP contribution is -2.52. The Morgan fingerprint density at radius 2 is 2.04 bits per heavy atom. The highest BCUT2D eigenvalue weighted by atomic mass is 127. The van der Waals surface area contributed by atoms with Gasteiger partial charge >= 0.3 is 0 Å². The fourth-order valence-corrected chi connectivity index (χ4v) is 3.00. The number of rotatable bonds is 6. The molecule has 3 rings (SSSR count). The summed E-state index contributed by atoms with van der Waals surface area (Å²) < 4.78 is 0. The summed E-state index contributed by atoms with van der Waals surface area (Å²) in [6.45, 7) is 4.46. The molecule has 1 amide bonds. The summed E-state index contributed by atoms with van der Waals surface area (Å²) in [7, 11) is 1.81. The Hall–Kier alpha value is -1.58. The maximum absolute atomic E-state index is 11.7. The number of anilines is 1. The number of halogens is 1. The number of pyridine rings is 1. The van der Waals surface area contributed by atoms with Crippen molar-refractivity contribution >= 4 is 41.7 Å². The fraction of sp³-hybridized carbons (Fsp3) is 0.611. The van der Waals surface area contributed by atoms with Gasteiger partial charge in [-0.1, -0.05) is 6.07 Å². The number of nitrogens with zero attached hydrogens (tertiary/aromatic N) is 4. The number of piperazine rings is 1. The van der Waals surface area contributed by atoms with Gasteiger partial charge in [-0.05, 0) is 31.4 Å². The van der Waals surface area contributed by atoms with E-state index in [2.05, 4.69) is 36.5 Å². The van der Waals surface area contributed by atoms with E-state index in [0.29, 0.717) is 12.5 Å². The summed E-state index contributed by atoms with van der Waals surface area (Å²) >= 11 is 0. The molecule has 1 aromatic rings. The van der Waals surface area contributed by atoms with Gasteiger partial charge in [-0.3, -0.25) is 9.79 Å². The normalized spacial score (nSPS) is 17.5. The van der Waals surface area contributed by atoms with Crippen molar-refractivity contribution in [2.24, 2.45) is 4.99 Å². The molecule has 1 saturated carbocycles. The Bertz CT molecular complexity index is 585. The Morgan fingerprint density at radius 1 is 1.27 bits per heavy atom. The van der Waals surface area contributed by atoms with Crippen LogP contribution in [0.1, 0.15) is 25.7 Å². The first-order chi connectivity index (χ1) is 12.3. The van der Waals surface area contributed by atoms with Gasteiger partial charge < -0.3 is 20.4 Å².